The van der Waals surface area contributed by atoms with Gasteiger partial charge in [-0.15, -0.1) is 11.3 Å². The summed E-state index contributed by atoms with van der Waals surface area (Å²) in [6.45, 7) is 0.627. The Labute approximate surface area is 154 Å². The molecule has 2 aromatic carbocycles. The number of hydrogen-bond donors (Lipinski definition) is 1. The summed E-state index contributed by atoms with van der Waals surface area (Å²) in [7, 11) is 0. The lowest BCUT2D eigenvalue weighted by atomic mass is 10.2. The van der Waals surface area contributed by atoms with Crippen LogP contribution in [0.15, 0.2) is 48.5 Å². The Morgan fingerprint density at radius 3 is 2.88 bits per heavy atom. The maximum absolute atomic E-state index is 12.4. The maximum atomic E-state index is 12.4. The van der Waals surface area contributed by atoms with E-state index in [0.29, 0.717) is 24.6 Å². The van der Waals surface area contributed by atoms with Crippen molar-refractivity contribution < 1.29 is 14.3 Å². The molecule has 1 aromatic heterocycles. The number of carbonyl (C=O) groups excluding carboxylic acids is 2. The molecule has 0 fully saturated rings. The summed E-state index contributed by atoms with van der Waals surface area (Å²) >= 11 is 1.55. The van der Waals surface area contributed by atoms with Gasteiger partial charge in [-0.25, -0.2) is 4.98 Å². The number of carbonyl (C=O) groups is 2. The van der Waals surface area contributed by atoms with Crippen LogP contribution in [-0.2, 0) is 16.1 Å². The van der Waals surface area contributed by atoms with Gasteiger partial charge in [0.2, 0.25) is 11.8 Å². The number of ether oxygens (including phenoxy) is 1. The highest BCUT2D eigenvalue weighted by Gasteiger charge is 2.24. The lowest BCUT2D eigenvalue weighted by molar-refractivity contribution is -0.124. The van der Waals surface area contributed by atoms with Gasteiger partial charge >= 0.3 is 0 Å². The molecule has 0 bridgehead atoms. The Balaban J connectivity index is 1.44. The molecule has 0 unspecified atom stereocenters. The number of aromatic nitrogens is 1. The second kappa shape index (κ2) is 7.13. The number of rotatable bonds is 4. The number of nitrogens with zero attached hydrogens (tertiary/aromatic N) is 2. The van der Waals surface area contributed by atoms with Crippen LogP contribution in [0, 0.1) is 0 Å². The van der Waals surface area contributed by atoms with Crippen LogP contribution in [0.4, 0.5) is 5.69 Å². The molecule has 2 amide bonds. The molecule has 0 saturated heterocycles. The van der Waals surface area contributed by atoms with Gasteiger partial charge in [-0.2, -0.15) is 0 Å². The van der Waals surface area contributed by atoms with Crippen LogP contribution in [0.5, 0.6) is 5.75 Å². The van der Waals surface area contributed by atoms with E-state index in [0.717, 1.165) is 15.2 Å². The molecule has 7 heteroatoms. The molecule has 26 heavy (non-hydrogen) atoms. The number of nitrogens with one attached hydrogen (secondary N) is 1. The largest absolute Gasteiger partial charge is 0.491 e. The summed E-state index contributed by atoms with van der Waals surface area (Å²) in [6, 6.07) is 15.1. The average Bonchev–Trinajstić information content (AvgIpc) is 3.01. The van der Waals surface area contributed by atoms with Crippen LogP contribution in [0.3, 0.4) is 0 Å². The van der Waals surface area contributed by atoms with Crippen LogP contribution >= 0.6 is 11.3 Å². The van der Waals surface area contributed by atoms with Gasteiger partial charge in [-0.1, -0.05) is 24.3 Å². The van der Waals surface area contributed by atoms with Gasteiger partial charge in [-0.3, -0.25) is 14.5 Å². The first-order valence-corrected chi connectivity index (χ1v) is 9.16. The van der Waals surface area contributed by atoms with Crippen molar-refractivity contribution in [1.29, 1.82) is 0 Å². The minimum atomic E-state index is -0.227. The van der Waals surface area contributed by atoms with Crippen LogP contribution < -0.4 is 15.0 Å². The van der Waals surface area contributed by atoms with Crippen molar-refractivity contribution >= 4 is 39.1 Å². The Morgan fingerprint density at radius 1 is 1.19 bits per heavy atom. The molecule has 132 valence electrons. The normalized spacial score (nSPS) is 13.8. The summed E-state index contributed by atoms with van der Waals surface area (Å²) < 4.78 is 6.68. The van der Waals surface area contributed by atoms with Crippen molar-refractivity contribution in [3.63, 3.8) is 0 Å². The highest BCUT2D eigenvalue weighted by atomic mass is 32.1. The second-order valence-corrected chi connectivity index (χ2v) is 7.01. The molecule has 1 aliphatic rings. The molecule has 6 nitrogen and oxygen atoms in total. The van der Waals surface area contributed by atoms with E-state index in [9.17, 15) is 9.59 Å². The maximum Gasteiger partial charge on any atom is 0.240 e. The summed E-state index contributed by atoms with van der Waals surface area (Å²) in [5.41, 5.74) is 1.56. The zero-order chi connectivity index (χ0) is 17.9. The van der Waals surface area contributed by atoms with Gasteiger partial charge in [0.25, 0.3) is 0 Å². The number of fused-ring (bicyclic) bond motifs is 2. The predicted octanol–water partition coefficient (Wildman–Crippen LogP) is 2.73. The summed E-state index contributed by atoms with van der Waals surface area (Å²) in [5, 5.41) is 3.69. The van der Waals surface area contributed by atoms with Gasteiger partial charge < -0.3 is 10.1 Å². The van der Waals surface area contributed by atoms with Crippen molar-refractivity contribution in [2.24, 2.45) is 0 Å². The third kappa shape index (κ3) is 3.39. The third-order valence-electron chi connectivity index (χ3n) is 4.11. The first kappa shape index (κ1) is 16.5. The number of benzene rings is 2. The predicted molar refractivity (Wildman–Crippen MR) is 100 cm³/mol. The molecule has 2 heterocycles. The topological polar surface area (TPSA) is 71.5 Å². The number of thiazole rings is 1. The van der Waals surface area contributed by atoms with E-state index in [2.05, 4.69) is 10.3 Å². The fourth-order valence-electron chi connectivity index (χ4n) is 2.86. The molecule has 0 spiro atoms. The molecule has 0 aliphatic carbocycles. The summed E-state index contributed by atoms with van der Waals surface area (Å²) in [4.78, 5) is 30.7. The van der Waals surface area contributed by atoms with Gasteiger partial charge in [0.1, 0.15) is 17.3 Å². The van der Waals surface area contributed by atoms with Crippen molar-refractivity contribution in [2.45, 2.75) is 13.0 Å². The third-order valence-corrected chi connectivity index (χ3v) is 5.14. The average molecular weight is 367 g/mol. The Kier molecular flexibility index (Phi) is 4.53. The Hall–Kier alpha value is -2.93. The highest BCUT2D eigenvalue weighted by molar-refractivity contribution is 7.18. The molecule has 1 aliphatic heterocycles. The quantitative estimate of drug-likeness (QED) is 0.770. The molecule has 3 aromatic rings. The molecular formula is C19H17N3O3S. The van der Waals surface area contributed by atoms with E-state index >= 15 is 0 Å². The van der Waals surface area contributed by atoms with Crippen molar-refractivity contribution in [3.8, 4) is 5.75 Å². The van der Waals surface area contributed by atoms with Crippen LogP contribution in [-0.4, -0.2) is 29.9 Å². The lowest BCUT2D eigenvalue weighted by Gasteiger charge is -2.21. The Bertz CT molecular complexity index is 936. The van der Waals surface area contributed by atoms with Gasteiger partial charge in [0, 0.05) is 0 Å². The lowest BCUT2D eigenvalue weighted by Crippen LogP contribution is -2.40. The zero-order valence-electron chi connectivity index (χ0n) is 14.0. The zero-order valence-corrected chi connectivity index (χ0v) is 14.8. The monoisotopic (exact) mass is 367 g/mol. The van der Waals surface area contributed by atoms with Crippen molar-refractivity contribution in [2.75, 3.05) is 18.1 Å². The summed E-state index contributed by atoms with van der Waals surface area (Å²) in [6.07, 6.45) is 0.250. The van der Waals surface area contributed by atoms with Gasteiger partial charge in [0.15, 0.2) is 0 Å². The van der Waals surface area contributed by atoms with E-state index in [1.807, 2.05) is 36.4 Å². The van der Waals surface area contributed by atoms with E-state index in [1.165, 1.54) is 4.90 Å². The number of para-hydroxylation sites is 3. The SMILES string of the molecule is O=C(CN1C(=O)CCOc2ccccc21)NCc1nc2ccccc2s1. The minimum Gasteiger partial charge on any atom is -0.491 e. The summed E-state index contributed by atoms with van der Waals surface area (Å²) in [5.74, 6) is 0.275. The first-order chi connectivity index (χ1) is 12.7. The minimum absolute atomic E-state index is 0.0376. The van der Waals surface area contributed by atoms with E-state index in [1.54, 1.807) is 23.5 Å². The number of anilines is 1. The molecule has 0 atom stereocenters. The molecule has 0 saturated carbocycles. The van der Waals surface area contributed by atoms with Crippen LogP contribution in [0.1, 0.15) is 11.4 Å². The standard InChI is InChI=1S/C19H17N3O3S/c23-17(20-11-18-21-13-5-1-4-8-16(13)26-18)12-22-14-6-2-3-7-15(14)25-10-9-19(22)24/h1-8H,9-12H2,(H,20,23). The van der Waals surface area contributed by atoms with Crippen LogP contribution in [0.2, 0.25) is 0 Å². The fraction of sp³-hybridized carbons (Fsp3) is 0.211. The van der Waals surface area contributed by atoms with Crippen molar-refractivity contribution in [1.82, 2.24) is 10.3 Å². The van der Waals surface area contributed by atoms with Crippen LogP contribution in [0.25, 0.3) is 10.2 Å². The molecule has 0 radical (unpaired) electrons. The first-order valence-electron chi connectivity index (χ1n) is 8.34. The smallest absolute Gasteiger partial charge is 0.240 e. The van der Waals surface area contributed by atoms with Gasteiger partial charge in [-0.05, 0) is 24.3 Å². The number of hydrogen-bond acceptors (Lipinski definition) is 5. The Morgan fingerprint density at radius 2 is 2.00 bits per heavy atom. The molecular weight excluding hydrogens is 350 g/mol. The highest BCUT2D eigenvalue weighted by Crippen LogP contribution is 2.30. The fourth-order valence-corrected chi connectivity index (χ4v) is 3.77. The van der Waals surface area contributed by atoms with E-state index in [-0.39, 0.29) is 24.8 Å². The molecule has 1 N–H and O–H groups in total. The van der Waals surface area contributed by atoms with Crippen molar-refractivity contribution in [3.05, 3.63) is 53.5 Å². The second-order valence-electron chi connectivity index (χ2n) is 5.90. The van der Waals surface area contributed by atoms with E-state index < -0.39 is 0 Å². The van der Waals surface area contributed by atoms with Gasteiger partial charge in [0.05, 0.1) is 35.5 Å². The number of amides is 2. The molecule has 4 rings (SSSR count). The van der Waals surface area contributed by atoms with E-state index in [4.69, 9.17) is 4.74 Å².